The van der Waals surface area contributed by atoms with Gasteiger partial charge in [0.25, 0.3) is 0 Å². The smallest absolute Gasteiger partial charge is 0.135 e. The van der Waals surface area contributed by atoms with Crippen LogP contribution in [0.2, 0.25) is 0 Å². The van der Waals surface area contributed by atoms with Gasteiger partial charge in [0.05, 0.1) is 0 Å². The Labute approximate surface area is 130 Å². The summed E-state index contributed by atoms with van der Waals surface area (Å²) in [4.78, 5) is 11.8. The number of hydrogen-bond donors (Lipinski definition) is 0. The number of halogens is 1. The fraction of sp³-hybridized carbons (Fsp3) is 0.750. The van der Waals surface area contributed by atoms with Crippen molar-refractivity contribution >= 4 is 21.7 Å². The number of hydrogen-bond acceptors (Lipinski definition) is 3. The molecule has 20 heavy (non-hydrogen) atoms. The van der Waals surface area contributed by atoms with Crippen molar-refractivity contribution in [3.05, 3.63) is 17.6 Å². The monoisotopic (exact) mass is 337 g/mol. The predicted molar refractivity (Wildman–Crippen MR) is 86.7 cm³/mol. The number of alkyl halides is 1. The van der Waals surface area contributed by atoms with Gasteiger partial charge in [-0.25, -0.2) is 9.97 Å². The Morgan fingerprint density at radius 3 is 2.65 bits per heavy atom. The number of fused-ring (bicyclic) bond motifs is 1. The third kappa shape index (κ3) is 3.00. The Kier molecular flexibility index (Phi) is 4.92. The van der Waals surface area contributed by atoms with Crippen LogP contribution < -0.4 is 4.90 Å². The van der Waals surface area contributed by atoms with Crippen LogP contribution in [0.4, 0.5) is 5.82 Å². The number of rotatable bonds is 4. The summed E-state index contributed by atoms with van der Waals surface area (Å²) in [6, 6.07) is 0.690. The molecule has 0 saturated heterocycles. The summed E-state index contributed by atoms with van der Waals surface area (Å²) in [5, 5.41) is 1.02. The molecule has 1 aromatic rings. The molecule has 0 aliphatic heterocycles. The molecule has 0 N–H and O–H groups in total. The number of anilines is 1. The van der Waals surface area contributed by atoms with Crippen LogP contribution in [-0.2, 0) is 12.8 Å². The summed E-state index contributed by atoms with van der Waals surface area (Å²) in [5.41, 5.74) is 2.75. The largest absolute Gasteiger partial charge is 0.352 e. The first-order valence-corrected chi connectivity index (χ1v) is 9.17. The average molecular weight is 338 g/mol. The van der Waals surface area contributed by atoms with E-state index in [2.05, 4.69) is 25.8 Å². The quantitative estimate of drug-likeness (QED) is 0.616. The number of aromatic nitrogens is 2. The predicted octanol–water partition coefficient (Wildman–Crippen LogP) is 3.89. The Morgan fingerprint density at radius 1 is 1.05 bits per heavy atom. The van der Waals surface area contributed by atoms with Gasteiger partial charge in [-0.15, -0.1) is 0 Å². The molecule has 1 fully saturated rings. The highest BCUT2D eigenvalue weighted by Crippen LogP contribution is 2.32. The van der Waals surface area contributed by atoms with E-state index in [9.17, 15) is 0 Å². The highest BCUT2D eigenvalue weighted by atomic mass is 79.9. The van der Waals surface area contributed by atoms with Crippen molar-refractivity contribution in [1.82, 2.24) is 9.97 Å². The molecule has 0 bridgehead atoms. The molecule has 0 spiro atoms. The van der Waals surface area contributed by atoms with Crippen LogP contribution in [0.5, 0.6) is 0 Å². The molecule has 3 rings (SSSR count). The molecule has 1 heterocycles. The van der Waals surface area contributed by atoms with Crippen molar-refractivity contribution < 1.29 is 0 Å². The first kappa shape index (κ1) is 14.3. The van der Waals surface area contributed by atoms with Gasteiger partial charge in [-0.3, -0.25) is 0 Å². The molecule has 1 saturated carbocycles. The lowest BCUT2D eigenvalue weighted by Gasteiger charge is -2.31. The second kappa shape index (κ2) is 6.88. The third-order valence-electron chi connectivity index (χ3n) is 4.72. The first-order chi connectivity index (χ1) is 9.90. The Hall–Kier alpha value is -0.640. The topological polar surface area (TPSA) is 29.0 Å². The Morgan fingerprint density at radius 2 is 1.85 bits per heavy atom. The molecule has 2 aliphatic carbocycles. The summed E-state index contributed by atoms with van der Waals surface area (Å²) >= 11 is 3.62. The Balaban J connectivity index is 1.93. The van der Waals surface area contributed by atoms with Crippen LogP contribution in [0, 0.1) is 0 Å². The summed E-state index contributed by atoms with van der Waals surface area (Å²) < 4.78 is 0. The second-order valence-electron chi connectivity index (χ2n) is 6.00. The van der Waals surface area contributed by atoms with E-state index in [0.717, 1.165) is 24.7 Å². The van der Waals surface area contributed by atoms with E-state index in [1.54, 1.807) is 6.33 Å². The molecule has 3 nitrogen and oxygen atoms in total. The van der Waals surface area contributed by atoms with Crippen LogP contribution in [-0.4, -0.2) is 27.9 Å². The first-order valence-electron chi connectivity index (χ1n) is 8.05. The molecule has 0 radical (unpaired) electrons. The SMILES string of the molecule is BrCCN(c1ncnc2c1CCCCC2)C1CCCC1. The van der Waals surface area contributed by atoms with E-state index < -0.39 is 0 Å². The van der Waals surface area contributed by atoms with Gasteiger partial charge in [0.15, 0.2) is 0 Å². The van der Waals surface area contributed by atoms with E-state index in [0.29, 0.717) is 6.04 Å². The molecule has 0 aromatic carbocycles. The molecule has 110 valence electrons. The molecule has 4 heteroatoms. The highest BCUT2D eigenvalue weighted by Gasteiger charge is 2.26. The van der Waals surface area contributed by atoms with Crippen LogP contribution in [0.3, 0.4) is 0 Å². The number of aryl methyl sites for hydroxylation is 1. The second-order valence-corrected chi connectivity index (χ2v) is 6.80. The van der Waals surface area contributed by atoms with Crippen molar-refractivity contribution in [1.29, 1.82) is 0 Å². The minimum absolute atomic E-state index is 0.690. The standard InChI is InChI=1S/C16H24BrN3/c17-10-11-20(13-6-4-5-7-13)16-14-8-2-1-3-9-15(14)18-12-19-16/h12-13H,1-11H2. The van der Waals surface area contributed by atoms with E-state index in [1.807, 2.05) is 0 Å². The highest BCUT2D eigenvalue weighted by molar-refractivity contribution is 9.09. The van der Waals surface area contributed by atoms with Crippen LogP contribution in [0.25, 0.3) is 0 Å². The molecular weight excluding hydrogens is 314 g/mol. The molecule has 0 unspecified atom stereocenters. The fourth-order valence-electron chi connectivity index (χ4n) is 3.70. The minimum atomic E-state index is 0.690. The van der Waals surface area contributed by atoms with Crippen molar-refractivity contribution in [2.75, 3.05) is 16.8 Å². The lowest BCUT2D eigenvalue weighted by atomic mass is 10.1. The maximum absolute atomic E-state index is 4.69. The van der Waals surface area contributed by atoms with Crippen LogP contribution in [0.15, 0.2) is 6.33 Å². The van der Waals surface area contributed by atoms with Crippen molar-refractivity contribution in [3.8, 4) is 0 Å². The van der Waals surface area contributed by atoms with Gasteiger partial charge in [0, 0.05) is 29.2 Å². The zero-order valence-corrected chi connectivity index (χ0v) is 13.7. The van der Waals surface area contributed by atoms with Gasteiger partial charge in [0.2, 0.25) is 0 Å². The van der Waals surface area contributed by atoms with E-state index in [-0.39, 0.29) is 0 Å². The summed E-state index contributed by atoms with van der Waals surface area (Å²) in [5.74, 6) is 1.24. The minimum Gasteiger partial charge on any atom is -0.352 e. The van der Waals surface area contributed by atoms with Crippen molar-refractivity contribution in [3.63, 3.8) is 0 Å². The molecule has 1 aromatic heterocycles. The maximum Gasteiger partial charge on any atom is 0.135 e. The lowest BCUT2D eigenvalue weighted by Crippen LogP contribution is -2.36. The molecular formula is C16H24BrN3. The van der Waals surface area contributed by atoms with Gasteiger partial charge in [-0.1, -0.05) is 35.2 Å². The van der Waals surface area contributed by atoms with E-state index in [1.165, 1.54) is 62.0 Å². The van der Waals surface area contributed by atoms with Crippen LogP contribution in [0.1, 0.15) is 56.2 Å². The van der Waals surface area contributed by atoms with Gasteiger partial charge in [-0.05, 0) is 38.5 Å². The van der Waals surface area contributed by atoms with Gasteiger partial charge in [0.1, 0.15) is 12.1 Å². The lowest BCUT2D eigenvalue weighted by molar-refractivity contribution is 0.610. The van der Waals surface area contributed by atoms with E-state index in [4.69, 9.17) is 4.98 Å². The Bertz CT molecular complexity index is 443. The summed E-state index contributed by atoms with van der Waals surface area (Å²) in [7, 11) is 0. The summed E-state index contributed by atoms with van der Waals surface area (Å²) in [6.45, 7) is 1.06. The van der Waals surface area contributed by atoms with Crippen molar-refractivity contribution in [2.24, 2.45) is 0 Å². The summed E-state index contributed by atoms with van der Waals surface area (Å²) in [6.07, 6.45) is 13.4. The number of nitrogens with zero attached hydrogens (tertiary/aromatic N) is 3. The van der Waals surface area contributed by atoms with Gasteiger partial charge in [-0.2, -0.15) is 0 Å². The van der Waals surface area contributed by atoms with Gasteiger partial charge < -0.3 is 4.90 Å². The maximum atomic E-state index is 4.69. The van der Waals surface area contributed by atoms with Crippen LogP contribution >= 0.6 is 15.9 Å². The van der Waals surface area contributed by atoms with Gasteiger partial charge >= 0.3 is 0 Å². The zero-order chi connectivity index (χ0) is 13.8. The fourth-order valence-corrected chi connectivity index (χ4v) is 4.08. The molecule has 0 atom stereocenters. The van der Waals surface area contributed by atoms with Crippen molar-refractivity contribution in [2.45, 2.75) is 63.8 Å². The molecule has 0 amide bonds. The average Bonchev–Trinajstić information content (AvgIpc) is 2.89. The zero-order valence-electron chi connectivity index (χ0n) is 12.2. The van der Waals surface area contributed by atoms with E-state index >= 15 is 0 Å². The third-order valence-corrected chi connectivity index (χ3v) is 5.07. The molecule has 2 aliphatic rings. The normalized spacial score (nSPS) is 19.6.